The summed E-state index contributed by atoms with van der Waals surface area (Å²) < 4.78 is 14.9. The molecule has 0 atom stereocenters. The van der Waals surface area contributed by atoms with Crippen molar-refractivity contribution in [3.63, 3.8) is 0 Å². The van der Waals surface area contributed by atoms with Gasteiger partial charge < -0.3 is 18.9 Å². The summed E-state index contributed by atoms with van der Waals surface area (Å²) in [7, 11) is -4.99. The number of rotatable bonds is 4. The maximum absolute atomic E-state index is 10.5. The Kier molecular flexibility index (Phi) is 11.1. The lowest BCUT2D eigenvalue weighted by Gasteiger charge is -2.29. The molecule has 10 nitrogen and oxygen atoms in total. The number of anilines is 2. The van der Waals surface area contributed by atoms with Crippen molar-refractivity contribution in [1.82, 2.24) is 0 Å². The molecule has 0 bridgehead atoms. The zero-order valence-electron chi connectivity index (χ0n) is 19.6. The summed E-state index contributed by atoms with van der Waals surface area (Å²) in [4.78, 5) is 21.0. The Bertz CT molecular complexity index is 1430. The van der Waals surface area contributed by atoms with Gasteiger partial charge in [0.05, 0.1) is 0 Å². The van der Waals surface area contributed by atoms with Crippen LogP contribution in [-0.4, -0.2) is 0 Å². The number of benzene rings is 4. The predicted octanol–water partition coefficient (Wildman–Crippen LogP) is 6.70. The molecular weight excluding hydrogens is 538 g/mol. The highest BCUT2D eigenvalue weighted by atomic mass is 35.5. The van der Waals surface area contributed by atoms with E-state index in [1.807, 2.05) is 44.2 Å². The molecule has 190 valence electrons. The van der Waals surface area contributed by atoms with Gasteiger partial charge in [0.25, 0.3) is 10.8 Å². The molecule has 37 heavy (non-hydrogen) atoms. The van der Waals surface area contributed by atoms with Gasteiger partial charge in [0.2, 0.25) is 0 Å². The Labute approximate surface area is 223 Å². The van der Waals surface area contributed by atoms with Gasteiger partial charge in [-0.25, -0.2) is 0 Å². The van der Waals surface area contributed by atoms with E-state index in [1.165, 1.54) is 6.07 Å². The number of nitrogens with one attached hydrogen (secondary N) is 2. The van der Waals surface area contributed by atoms with Crippen molar-refractivity contribution in [3.8, 4) is 5.75 Å². The number of fused-ring (bicyclic) bond motifs is 1. The lowest BCUT2D eigenvalue weighted by atomic mass is 10.1. The fraction of sp³-hybridized carbons (Fsp3) is 0.0833. The summed E-state index contributed by atoms with van der Waals surface area (Å²) in [5.74, 6) is 0.0708. The van der Waals surface area contributed by atoms with Crippen molar-refractivity contribution >= 4 is 53.2 Å². The molecule has 4 rings (SSSR count). The van der Waals surface area contributed by atoms with E-state index in [0.29, 0.717) is 26.8 Å². The van der Waals surface area contributed by atoms with Crippen molar-refractivity contribution in [3.05, 3.63) is 110 Å². The summed E-state index contributed by atoms with van der Waals surface area (Å²) in [6, 6.07) is 22.6. The van der Waals surface area contributed by atoms with Crippen LogP contribution in [0.4, 0.5) is 11.4 Å². The van der Waals surface area contributed by atoms with Crippen molar-refractivity contribution in [1.29, 1.82) is 10.8 Å². The van der Waals surface area contributed by atoms with Crippen LogP contribution in [0.5, 0.6) is 5.75 Å². The van der Waals surface area contributed by atoms with Crippen LogP contribution in [0.1, 0.15) is 11.1 Å². The first-order chi connectivity index (χ1) is 17.5. The first kappa shape index (κ1) is 29.3. The third-order valence-electron chi connectivity index (χ3n) is 4.70. The third kappa shape index (κ3) is 9.94. The zero-order chi connectivity index (χ0) is 27.4. The second kappa shape index (κ2) is 14.0. The van der Waals surface area contributed by atoms with Gasteiger partial charge in [-0.1, -0.05) is 71.7 Å². The largest absolute Gasteiger partial charge is 0.780 e. The predicted molar refractivity (Wildman–Crippen MR) is 142 cm³/mol. The number of nitrogens with zero attached hydrogens (tertiary/aromatic N) is 4. The first-order valence-electron chi connectivity index (χ1n) is 10.5. The Balaban J connectivity index is 0.000000199. The lowest BCUT2D eigenvalue weighted by molar-refractivity contribution is -0.333. The van der Waals surface area contributed by atoms with Crippen molar-refractivity contribution in [2.45, 2.75) is 13.8 Å². The van der Waals surface area contributed by atoms with Gasteiger partial charge in [-0.3, -0.25) is 0 Å². The molecule has 0 radical (unpaired) electrons. The number of phosphoric acid groups is 1. The molecule has 0 aliphatic rings. The van der Waals surface area contributed by atoms with E-state index in [4.69, 9.17) is 34.0 Å². The molecule has 0 aliphatic heterocycles. The molecule has 0 spiro atoms. The standard InChI is InChI=1S/C10H9O4P.2C7H7ClN3/c11-15(12,13)14-10-7-3-5-8-4-1-2-6-9(8)10;2*1-5-2-3-6(8)4-7(5)10-11-9/h1-7H,(H2,11,12,13);2*2-4,10H,1H3/q;2*+1/p-2. The monoisotopic (exact) mass is 558 g/mol. The molecule has 4 aromatic rings. The highest BCUT2D eigenvalue weighted by molar-refractivity contribution is 7.43. The number of halogens is 2. The SMILES string of the molecule is Cc1ccc(Cl)cc1N[N+]#N.Cc1ccc(Cl)cc1N[N+]#N.O=P([O-])([O-])Oc1cccc2ccccc12. The number of diazo groups is 2. The van der Waals surface area contributed by atoms with Crippen LogP contribution in [0.25, 0.3) is 20.9 Å². The summed E-state index contributed by atoms with van der Waals surface area (Å²) in [5.41, 5.74) is 8.20. The summed E-state index contributed by atoms with van der Waals surface area (Å²) in [6.45, 7) is 3.79. The minimum Gasteiger partial charge on any atom is -0.780 e. The highest BCUT2D eigenvalue weighted by Gasteiger charge is 2.04. The Morgan fingerprint density at radius 1 is 0.784 bits per heavy atom. The molecule has 0 aromatic heterocycles. The topological polar surface area (TPSA) is 153 Å². The second-order valence-electron chi connectivity index (χ2n) is 7.36. The molecule has 0 fully saturated rings. The molecule has 0 saturated carbocycles. The quantitative estimate of drug-likeness (QED) is 0.159. The smallest absolute Gasteiger partial charge is 0.308 e. The lowest BCUT2D eigenvalue weighted by Crippen LogP contribution is -2.18. The molecular formula is C24H21Cl2N6O4P. The molecule has 2 N–H and O–H groups in total. The van der Waals surface area contributed by atoms with Crippen molar-refractivity contribution < 1.29 is 18.9 Å². The van der Waals surface area contributed by atoms with Crippen LogP contribution in [0.15, 0.2) is 78.9 Å². The van der Waals surface area contributed by atoms with E-state index in [0.717, 1.165) is 16.5 Å². The van der Waals surface area contributed by atoms with Crippen LogP contribution < -0.4 is 25.2 Å². The van der Waals surface area contributed by atoms with E-state index < -0.39 is 7.82 Å². The van der Waals surface area contributed by atoms with Gasteiger partial charge in [-0.05, 0) is 71.5 Å². The second-order valence-corrected chi connectivity index (χ2v) is 9.31. The Morgan fingerprint density at radius 3 is 1.76 bits per heavy atom. The minimum atomic E-state index is -4.99. The van der Waals surface area contributed by atoms with E-state index in [1.54, 1.807) is 42.5 Å². The average Bonchev–Trinajstić information content (AvgIpc) is 2.84. The van der Waals surface area contributed by atoms with Crippen LogP contribution in [0, 0.1) is 24.6 Å². The fourth-order valence-corrected chi connectivity index (χ4v) is 3.68. The van der Waals surface area contributed by atoms with Gasteiger partial charge in [0.1, 0.15) is 24.9 Å². The molecule has 0 amide bonds. The molecule has 0 unspecified atom stereocenters. The average molecular weight is 559 g/mol. The molecule has 0 saturated heterocycles. The summed E-state index contributed by atoms with van der Waals surface area (Å²) >= 11 is 11.4. The normalized spacial score (nSPS) is 9.95. The Hall–Kier alpha value is -3.89. The first-order valence-corrected chi connectivity index (χ1v) is 12.7. The highest BCUT2D eigenvalue weighted by Crippen LogP contribution is 2.34. The third-order valence-corrected chi connectivity index (χ3v) is 5.59. The maximum atomic E-state index is 10.5. The van der Waals surface area contributed by atoms with Crippen LogP contribution in [0.2, 0.25) is 10.0 Å². The van der Waals surface area contributed by atoms with Gasteiger partial charge >= 0.3 is 10.2 Å². The number of phosphoric ester groups is 1. The van der Waals surface area contributed by atoms with Gasteiger partial charge in [0, 0.05) is 15.4 Å². The number of hydrogen-bond donors (Lipinski definition) is 2. The van der Waals surface area contributed by atoms with Crippen LogP contribution >= 0.6 is 31.0 Å². The fourth-order valence-electron chi connectivity index (χ4n) is 2.93. The minimum absolute atomic E-state index is 0.0708. The van der Waals surface area contributed by atoms with Gasteiger partial charge in [-0.2, -0.15) is 0 Å². The van der Waals surface area contributed by atoms with Crippen LogP contribution in [-0.2, 0) is 4.57 Å². The molecule has 0 heterocycles. The van der Waals surface area contributed by atoms with Crippen molar-refractivity contribution in [2.75, 3.05) is 10.9 Å². The Morgan fingerprint density at radius 2 is 1.27 bits per heavy atom. The number of aryl methyl sites for hydroxylation is 2. The van der Waals surface area contributed by atoms with E-state index in [2.05, 4.69) is 25.5 Å². The molecule has 0 aliphatic carbocycles. The summed E-state index contributed by atoms with van der Waals surface area (Å²) in [5, 5.41) is 24.7. The van der Waals surface area contributed by atoms with E-state index >= 15 is 0 Å². The zero-order valence-corrected chi connectivity index (χ0v) is 22.0. The molecule has 4 aromatic carbocycles. The summed E-state index contributed by atoms with van der Waals surface area (Å²) in [6.07, 6.45) is 0. The van der Waals surface area contributed by atoms with Crippen molar-refractivity contribution in [2.24, 2.45) is 0 Å². The van der Waals surface area contributed by atoms with Gasteiger partial charge in [0.15, 0.2) is 0 Å². The molecule has 13 heteroatoms. The van der Waals surface area contributed by atoms with E-state index in [9.17, 15) is 14.4 Å². The van der Waals surface area contributed by atoms with E-state index in [-0.39, 0.29) is 5.75 Å². The van der Waals surface area contributed by atoms with Crippen LogP contribution in [0.3, 0.4) is 0 Å². The maximum Gasteiger partial charge on any atom is 0.308 e. The van der Waals surface area contributed by atoms with Gasteiger partial charge in [-0.15, -0.1) is 0 Å². The number of hydrogen-bond acceptors (Lipinski definition) is 8.